The minimum Gasteiger partial charge on any atom is -0.450 e. The van der Waals surface area contributed by atoms with Crippen molar-refractivity contribution in [3.05, 3.63) is 118 Å². The minimum atomic E-state index is -0.173. The Morgan fingerprint density at radius 2 is 1.84 bits per heavy atom. The van der Waals surface area contributed by atoms with Gasteiger partial charge in [-0.15, -0.1) is 0 Å². The van der Waals surface area contributed by atoms with E-state index >= 15 is 0 Å². The summed E-state index contributed by atoms with van der Waals surface area (Å²) in [5.41, 5.74) is 5.73. The number of nitrogens with zero attached hydrogens (tertiary/aromatic N) is 2. The van der Waals surface area contributed by atoms with Crippen LogP contribution < -0.4 is 14.9 Å². The number of hydrogen-bond donors (Lipinski definition) is 0. The summed E-state index contributed by atoms with van der Waals surface area (Å²) in [6, 6.07) is 20.2. The molecular formula is C25H16Br2N2O2S. The first-order chi connectivity index (χ1) is 15.6. The molecule has 1 atom stereocenters. The normalized spacial score (nSPS) is 17.6. The van der Waals surface area contributed by atoms with E-state index in [-0.39, 0.29) is 11.6 Å². The molecule has 4 nitrogen and oxygen atoms in total. The fourth-order valence-corrected chi connectivity index (χ4v) is 6.07. The van der Waals surface area contributed by atoms with Crippen LogP contribution in [0, 0.1) is 0 Å². The molecule has 1 unspecified atom stereocenters. The Morgan fingerprint density at radius 1 is 1.03 bits per heavy atom. The number of allylic oxidation sites excluding steroid dienone is 1. The van der Waals surface area contributed by atoms with Crippen molar-refractivity contribution in [1.82, 2.24) is 4.57 Å². The molecule has 1 aliphatic heterocycles. The molecule has 1 aliphatic carbocycles. The lowest BCUT2D eigenvalue weighted by molar-refractivity contribution is 0.531. The van der Waals surface area contributed by atoms with Crippen molar-refractivity contribution in [2.24, 2.45) is 4.99 Å². The number of hydrogen-bond acceptors (Lipinski definition) is 4. The van der Waals surface area contributed by atoms with E-state index in [0.717, 1.165) is 33.4 Å². The van der Waals surface area contributed by atoms with Crippen LogP contribution in [0.2, 0.25) is 0 Å². The van der Waals surface area contributed by atoms with Gasteiger partial charge >= 0.3 is 0 Å². The van der Waals surface area contributed by atoms with Crippen LogP contribution in [0.4, 0.5) is 0 Å². The first-order valence-electron chi connectivity index (χ1n) is 10.2. The van der Waals surface area contributed by atoms with Crippen molar-refractivity contribution in [3.8, 4) is 0 Å². The number of aryl methyl sites for hydroxylation is 1. The second-order valence-electron chi connectivity index (χ2n) is 7.81. The molecule has 0 amide bonds. The maximum atomic E-state index is 13.6. The lowest BCUT2D eigenvalue weighted by Gasteiger charge is -2.30. The van der Waals surface area contributed by atoms with Gasteiger partial charge in [-0.2, -0.15) is 0 Å². The second kappa shape index (κ2) is 7.83. The van der Waals surface area contributed by atoms with Crippen molar-refractivity contribution in [3.63, 3.8) is 0 Å². The standard InChI is InChI=1S/C25H16Br2N2O2S/c26-16-8-5-15(6-9-16)23-19-11-7-14-3-1-2-4-18(14)22(19)28-25-29(23)24(30)20(32-25)13-17-10-12-21(27)31-17/h1-6,8-10,12-13,23H,7,11H2. The number of fused-ring (bicyclic) bond motifs is 3. The number of halogens is 2. The molecule has 2 aliphatic rings. The van der Waals surface area contributed by atoms with Crippen molar-refractivity contribution < 1.29 is 4.42 Å². The Labute approximate surface area is 204 Å². The van der Waals surface area contributed by atoms with E-state index in [0.29, 0.717) is 15.0 Å². The molecule has 0 spiro atoms. The van der Waals surface area contributed by atoms with Crippen LogP contribution >= 0.6 is 43.2 Å². The monoisotopic (exact) mass is 566 g/mol. The molecule has 0 saturated carbocycles. The molecule has 0 fully saturated rings. The Morgan fingerprint density at radius 3 is 2.62 bits per heavy atom. The van der Waals surface area contributed by atoms with Crippen LogP contribution in [-0.2, 0) is 6.42 Å². The highest BCUT2D eigenvalue weighted by atomic mass is 79.9. The zero-order chi connectivity index (χ0) is 21.8. The highest BCUT2D eigenvalue weighted by Crippen LogP contribution is 2.41. The number of aromatic nitrogens is 1. The Hall–Kier alpha value is -2.48. The number of thiazole rings is 1. The molecule has 0 N–H and O–H groups in total. The van der Waals surface area contributed by atoms with Crippen LogP contribution in [0.25, 0.3) is 11.8 Å². The molecule has 0 saturated heterocycles. The van der Waals surface area contributed by atoms with E-state index in [4.69, 9.17) is 9.41 Å². The minimum absolute atomic E-state index is 0.0420. The van der Waals surface area contributed by atoms with E-state index in [1.165, 1.54) is 28.0 Å². The number of rotatable bonds is 2. The van der Waals surface area contributed by atoms with Crippen LogP contribution in [0.5, 0.6) is 0 Å². The third-order valence-corrected chi connectivity index (χ3v) is 7.86. The zero-order valence-electron chi connectivity index (χ0n) is 16.7. The molecule has 6 rings (SSSR count). The van der Waals surface area contributed by atoms with Crippen molar-refractivity contribution in [2.45, 2.75) is 18.9 Å². The fourth-order valence-electron chi connectivity index (χ4n) is 4.50. The van der Waals surface area contributed by atoms with E-state index in [9.17, 15) is 4.79 Å². The van der Waals surface area contributed by atoms with Crippen LogP contribution in [0.3, 0.4) is 0 Å². The van der Waals surface area contributed by atoms with Gasteiger partial charge in [0.2, 0.25) is 0 Å². The predicted molar refractivity (Wildman–Crippen MR) is 133 cm³/mol. The largest absolute Gasteiger partial charge is 0.450 e. The van der Waals surface area contributed by atoms with Gasteiger partial charge in [0.25, 0.3) is 5.56 Å². The molecule has 0 radical (unpaired) electrons. The summed E-state index contributed by atoms with van der Waals surface area (Å²) in [5.74, 6) is 0.636. The molecule has 2 aromatic heterocycles. The van der Waals surface area contributed by atoms with E-state index in [2.05, 4.69) is 68.3 Å². The molecule has 2 aromatic carbocycles. The van der Waals surface area contributed by atoms with Crippen LogP contribution in [-0.4, -0.2) is 4.57 Å². The lowest BCUT2D eigenvalue weighted by atomic mass is 9.83. The van der Waals surface area contributed by atoms with Crippen LogP contribution in [0.15, 0.2) is 89.6 Å². The molecular weight excluding hydrogens is 552 g/mol. The van der Waals surface area contributed by atoms with Gasteiger partial charge in [0, 0.05) is 16.1 Å². The second-order valence-corrected chi connectivity index (χ2v) is 10.5. The van der Waals surface area contributed by atoms with Gasteiger partial charge < -0.3 is 4.42 Å². The molecule has 0 bridgehead atoms. The first-order valence-corrected chi connectivity index (χ1v) is 12.6. The SMILES string of the molecule is O=c1c(=Cc2ccc(Br)o2)sc2n1C(c1ccc(Br)cc1)C1=C(N=2)c2ccccc2CC1. The number of furan rings is 1. The van der Waals surface area contributed by atoms with Crippen molar-refractivity contribution in [1.29, 1.82) is 0 Å². The Balaban J connectivity index is 1.64. The average molecular weight is 568 g/mol. The first kappa shape index (κ1) is 20.1. The third-order valence-electron chi connectivity index (χ3n) is 5.93. The van der Waals surface area contributed by atoms with Crippen molar-refractivity contribution >= 4 is 55.0 Å². The summed E-state index contributed by atoms with van der Waals surface area (Å²) in [4.78, 5) is 19.3. The maximum absolute atomic E-state index is 13.6. The molecule has 7 heteroatoms. The molecule has 4 aromatic rings. The summed E-state index contributed by atoms with van der Waals surface area (Å²) < 4.78 is 9.73. The van der Waals surface area contributed by atoms with Gasteiger partial charge in [-0.1, -0.05) is 63.7 Å². The van der Waals surface area contributed by atoms with Crippen LogP contribution in [0.1, 0.15) is 34.9 Å². The third kappa shape index (κ3) is 3.31. The Kier molecular flexibility index (Phi) is 4.93. The highest BCUT2D eigenvalue weighted by Gasteiger charge is 2.32. The van der Waals surface area contributed by atoms with Gasteiger partial charge in [-0.25, -0.2) is 4.99 Å². The maximum Gasteiger partial charge on any atom is 0.271 e. The van der Waals surface area contributed by atoms with E-state index < -0.39 is 0 Å². The summed E-state index contributed by atoms with van der Waals surface area (Å²) >= 11 is 8.27. The average Bonchev–Trinajstić information content (AvgIpc) is 3.35. The fraction of sp³-hybridized carbons (Fsp3) is 0.120. The Bertz CT molecular complexity index is 1580. The molecule has 158 valence electrons. The quantitative estimate of drug-likeness (QED) is 0.324. The highest BCUT2D eigenvalue weighted by molar-refractivity contribution is 9.10. The van der Waals surface area contributed by atoms with E-state index in [1.54, 1.807) is 6.08 Å². The van der Waals surface area contributed by atoms with Gasteiger partial charge in [-0.3, -0.25) is 9.36 Å². The predicted octanol–water partition coefficient (Wildman–Crippen LogP) is 5.44. The summed E-state index contributed by atoms with van der Waals surface area (Å²) in [6.07, 6.45) is 3.62. The van der Waals surface area contributed by atoms with Crippen molar-refractivity contribution in [2.75, 3.05) is 0 Å². The summed E-state index contributed by atoms with van der Waals surface area (Å²) in [6.45, 7) is 0. The lowest BCUT2D eigenvalue weighted by Crippen LogP contribution is -2.38. The van der Waals surface area contributed by atoms with Gasteiger partial charge in [-0.05, 0) is 69.7 Å². The summed E-state index contributed by atoms with van der Waals surface area (Å²) in [5, 5.41) is 0. The van der Waals surface area contributed by atoms with Gasteiger partial charge in [0.05, 0.1) is 16.3 Å². The molecule has 3 heterocycles. The zero-order valence-corrected chi connectivity index (χ0v) is 20.7. The molecule has 32 heavy (non-hydrogen) atoms. The van der Waals surface area contributed by atoms with E-state index in [1.807, 2.05) is 28.8 Å². The van der Waals surface area contributed by atoms with Gasteiger partial charge in [0.1, 0.15) is 5.76 Å². The topological polar surface area (TPSA) is 47.5 Å². The summed E-state index contributed by atoms with van der Waals surface area (Å²) in [7, 11) is 0. The number of benzene rings is 2. The smallest absolute Gasteiger partial charge is 0.271 e. The van der Waals surface area contributed by atoms with Gasteiger partial charge in [0.15, 0.2) is 9.47 Å².